The molecule has 2 amide bonds. The van der Waals surface area contributed by atoms with Crippen molar-refractivity contribution in [1.29, 1.82) is 0 Å². The van der Waals surface area contributed by atoms with E-state index in [2.05, 4.69) is 21.2 Å². The molecule has 7 heteroatoms. The van der Waals surface area contributed by atoms with Gasteiger partial charge in [-0.3, -0.25) is 9.59 Å². The lowest BCUT2D eigenvalue weighted by molar-refractivity contribution is -0.142. The maximum atomic E-state index is 13.8. The number of halogens is 2. The molecule has 0 radical (unpaired) electrons. The van der Waals surface area contributed by atoms with E-state index in [1.807, 2.05) is 38.1 Å². The number of benzene rings is 2. The van der Waals surface area contributed by atoms with E-state index in [9.17, 15) is 14.0 Å². The molecule has 2 aromatic carbocycles. The topological polar surface area (TPSA) is 58.6 Å². The second kappa shape index (κ2) is 11.0. The van der Waals surface area contributed by atoms with Crippen molar-refractivity contribution in [2.45, 2.75) is 33.4 Å². The van der Waals surface area contributed by atoms with E-state index in [1.165, 1.54) is 17.0 Å². The minimum Gasteiger partial charge on any atom is -0.481 e. The Morgan fingerprint density at radius 3 is 2.52 bits per heavy atom. The molecule has 0 aliphatic heterocycles. The van der Waals surface area contributed by atoms with Crippen LogP contribution in [0.4, 0.5) is 4.39 Å². The van der Waals surface area contributed by atoms with E-state index in [1.54, 1.807) is 19.1 Å². The summed E-state index contributed by atoms with van der Waals surface area (Å²) in [4.78, 5) is 26.9. The molecule has 2 rings (SSSR count). The summed E-state index contributed by atoms with van der Waals surface area (Å²) in [6.07, 6.45) is 0. The third-order valence-electron chi connectivity index (χ3n) is 4.28. The smallest absolute Gasteiger partial charge is 0.261 e. The van der Waals surface area contributed by atoms with Crippen LogP contribution in [0.1, 0.15) is 26.3 Å². The van der Waals surface area contributed by atoms with Crippen molar-refractivity contribution in [3.8, 4) is 5.75 Å². The number of amides is 2. The predicted molar refractivity (Wildman–Crippen MR) is 114 cm³/mol. The fourth-order valence-corrected chi connectivity index (χ4v) is 3.10. The average Bonchev–Trinajstić information content (AvgIpc) is 2.69. The second-order valence-electron chi connectivity index (χ2n) is 7.19. The van der Waals surface area contributed by atoms with Gasteiger partial charge in [0.1, 0.15) is 6.04 Å². The van der Waals surface area contributed by atoms with E-state index >= 15 is 0 Å². The van der Waals surface area contributed by atoms with Gasteiger partial charge in [-0.25, -0.2) is 4.39 Å². The van der Waals surface area contributed by atoms with Crippen LogP contribution in [0, 0.1) is 11.7 Å². The van der Waals surface area contributed by atoms with Gasteiger partial charge in [0.25, 0.3) is 5.91 Å². The first-order valence-electron chi connectivity index (χ1n) is 9.47. The highest BCUT2D eigenvalue weighted by molar-refractivity contribution is 9.10. The van der Waals surface area contributed by atoms with Gasteiger partial charge >= 0.3 is 0 Å². The molecule has 0 aromatic heterocycles. The molecule has 1 atom stereocenters. The number of ether oxygens (including phenoxy) is 1. The van der Waals surface area contributed by atoms with Gasteiger partial charge in [-0.05, 0) is 42.7 Å². The Hall–Kier alpha value is -2.41. The summed E-state index contributed by atoms with van der Waals surface area (Å²) in [5.41, 5.74) is 0.863. The molecule has 0 spiro atoms. The zero-order valence-corrected chi connectivity index (χ0v) is 18.4. The summed E-state index contributed by atoms with van der Waals surface area (Å²) >= 11 is 3.42. The molecule has 0 aliphatic carbocycles. The molecule has 0 bridgehead atoms. The van der Waals surface area contributed by atoms with E-state index < -0.39 is 17.8 Å². The molecule has 29 heavy (non-hydrogen) atoms. The molecular formula is C22H26BrFN2O3. The summed E-state index contributed by atoms with van der Waals surface area (Å²) in [5, 5.41) is 2.85. The molecule has 5 nitrogen and oxygen atoms in total. The van der Waals surface area contributed by atoms with Crippen LogP contribution in [-0.4, -0.2) is 35.9 Å². The van der Waals surface area contributed by atoms with Crippen molar-refractivity contribution in [2.75, 3.05) is 13.2 Å². The number of para-hydroxylation sites is 1. The Labute approximate surface area is 179 Å². The van der Waals surface area contributed by atoms with Gasteiger partial charge in [0, 0.05) is 17.6 Å². The SMILES string of the molecule is CC(C)CNC(=O)C(C)N(Cc1cccc(Br)c1)C(=O)COc1ccccc1F. The number of carbonyl (C=O) groups is 2. The summed E-state index contributed by atoms with van der Waals surface area (Å²) < 4.78 is 20.0. The van der Waals surface area contributed by atoms with Crippen LogP contribution >= 0.6 is 15.9 Å². The Bertz CT molecular complexity index is 844. The Kier molecular flexibility index (Phi) is 8.64. The Morgan fingerprint density at radius 1 is 1.14 bits per heavy atom. The molecule has 0 fully saturated rings. The fraction of sp³-hybridized carbons (Fsp3) is 0.364. The zero-order valence-electron chi connectivity index (χ0n) is 16.8. The van der Waals surface area contributed by atoms with E-state index in [0.717, 1.165) is 10.0 Å². The van der Waals surface area contributed by atoms with Gasteiger partial charge in [-0.1, -0.05) is 54.0 Å². The summed E-state index contributed by atoms with van der Waals surface area (Å²) in [6, 6.07) is 12.7. The van der Waals surface area contributed by atoms with E-state index in [0.29, 0.717) is 12.5 Å². The lowest BCUT2D eigenvalue weighted by Gasteiger charge is -2.29. The first kappa shape index (κ1) is 22.9. The molecule has 0 saturated heterocycles. The first-order valence-corrected chi connectivity index (χ1v) is 10.3. The quantitative estimate of drug-likeness (QED) is 0.605. The predicted octanol–water partition coefficient (Wildman–Crippen LogP) is 4.16. The maximum absolute atomic E-state index is 13.8. The van der Waals surface area contributed by atoms with Gasteiger partial charge in [0.05, 0.1) is 0 Å². The number of nitrogens with one attached hydrogen (secondary N) is 1. The van der Waals surface area contributed by atoms with Gasteiger partial charge in [0.15, 0.2) is 18.2 Å². The lowest BCUT2D eigenvalue weighted by atomic mass is 10.1. The van der Waals surface area contributed by atoms with Crippen molar-refractivity contribution in [1.82, 2.24) is 10.2 Å². The van der Waals surface area contributed by atoms with E-state index in [4.69, 9.17) is 4.74 Å². The average molecular weight is 465 g/mol. The molecule has 0 saturated carbocycles. The van der Waals surface area contributed by atoms with Crippen LogP contribution < -0.4 is 10.1 Å². The number of hydrogen-bond acceptors (Lipinski definition) is 3. The summed E-state index contributed by atoms with van der Waals surface area (Å²) in [7, 11) is 0. The number of rotatable bonds is 9. The highest BCUT2D eigenvalue weighted by atomic mass is 79.9. The highest BCUT2D eigenvalue weighted by Gasteiger charge is 2.26. The van der Waals surface area contributed by atoms with Gasteiger partial charge < -0.3 is 15.0 Å². The van der Waals surface area contributed by atoms with Crippen LogP contribution in [0.15, 0.2) is 53.0 Å². The van der Waals surface area contributed by atoms with Crippen LogP contribution in [0.25, 0.3) is 0 Å². The first-order chi connectivity index (χ1) is 13.8. The molecule has 1 unspecified atom stereocenters. The molecular weight excluding hydrogens is 439 g/mol. The minimum absolute atomic E-state index is 0.000155. The normalized spacial score (nSPS) is 11.8. The summed E-state index contributed by atoms with van der Waals surface area (Å²) in [5.74, 6) is -0.889. The number of carbonyl (C=O) groups excluding carboxylic acids is 2. The zero-order chi connectivity index (χ0) is 21.4. The number of nitrogens with zero attached hydrogens (tertiary/aromatic N) is 1. The fourth-order valence-electron chi connectivity index (χ4n) is 2.65. The van der Waals surface area contributed by atoms with Crippen molar-refractivity contribution >= 4 is 27.7 Å². The van der Waals surface area contributed by atoms with Crippen molar-refractivity contribution in [3.05, 3.63) is 64.4 Å². The van der Waals surface area contributed by atoms with Crippen LogP contribution in [0.2, 0.25) is 0 Å². The molecule has 0 heterocycles. The third kappa shape index (κ3) is 7.16. The largest absolute Gasteiger partial charge is 0.481 e. The highest BCUT2D eigenvalue weighted by Crippen LogP contribution is 2.18. The third-order valence-corrected chi connectivity index (χ3v) is 4.77. The van der Waals surface area contributed by atoms with Gasteiger partial charge in [0.2, 0.25) is 5.91 Å². The molecule has 2 aromatic rings. The standard InChI is InChI=1S/C22H26BrFN2O3/c1-15(2)12-25-22(28)16(3)26(13-17-7-6-8-18(23)11-17)21(27)14-29-20-10-5-4-9-19(20)24/h4-11,15-16H,12-14H2,1-3H3,(H,25,28). The minimum atomic E-state index is -0.704. The molecule has 1 N–H and O–H groups in total. The van der Waals surface area contributed by atoms with Crippen molar-refractivity contribution in [3.63, 3.8) is 0 Å². The van der Waals surface area contributed by atoms with Crippen LogP contribution in [-0.2, 0) is 16.1 Å². The monoisotopic (exact) mass is 464 g/mol. The number of hydrogen-bond donors (Lipinski definition) is 1. The van der Waals surface area contributed by atoms with Gasteiger partial charge in [-0.15, -0.1) is 0 Å². The van der Waals surface area contributed by atoms with Crippen molar-refractivity contribution in [2.24, 2.45) is 5.92 Å². The van der Waals surface area contributed by atoms with E-state index in [-0.39, 0.29) is 24.8 Å². The van der Waals surface area contributed by atoms with Crippen molar-refractivity contribution < 1.29 is 18.7 Å². The Morgan fingerprint density at radius 2 is 1.86 bits per heavy atom. The van der Waals surface area contributed by atoms with Gasteiger partial charge in [-0.2, -0.15) is 0 Å². The summed E-state index contributed by atoms with van der Waals surface area (Å²) in [6.45, 7) is 6.06. The molecule has 156 valence electrons. The Balaban J connectivity index is 2.14. The maximum Gasteiger partial charge on any atom is 0.261 e. The van der Waals surface area contributed by atoms with Crippen LogP contribution in [0.3, 0.4) is 0 Å². The lowest BCUT2D eigenvalue weighted by Crippen LogP contribution is -2.49. The van der Waals surface area contributed by atoms with Crippen LogP contribution in [0.5, 0.6) is 5.75 Å². The molecule has 0 aliphatic rings. The second-order valence-corrected chi connectivity index (χ2v) is 8.10.